The number of nitrogens with zero attached hydrogens (tertiary/aromatic N) is 5. The summed E-state index contributed by atoms with van der Waals surface area (Å²) in [5.41, 5.74) is 0. The van der Waals surface area contributed by atoms with E-state index in [0.717, 1.165) is 44.8 Å². The smallest absolute Gasteiger partial charge is 0.244 e. The number of ether oxygens (including phenoxy) is 1. The van der Waals surface area contributed by atoms with Gasteiger partial charge in [0.25, 0.3) is 0 Å². The van der Waals surface area contributed by atoms with Gasteiger partial charge in [0.1, 0.15) is 10.7 Å². The molecule has 3 fully saturated rings. The van der Waals surface area contributed by atoms with Crippen molar-refractivity contribution in [2.24, 2.45) is 5.92 Å². The number of piperidine rings is 1. The molecule has 30 heavy (non-hydrogen) atoms. The van der Waals surface area contributed by atoms with Gasteiger partial charge in [0.05, 0.1) is 13.2 Å². The van der Waals surface area contributed by atoms with Gasteiger partial charge in [-0.05, 0) is 32.0 Å². The Balaban J connectivity index is 1.34. The molecule has 0 aliphatic carbocycles. The SMILES string of the molecule is CN1CCN(S(=O)(=O)c2ccc(N3CCC(C(=O)N4CCOCC4)CC3)nc2)CC1. The summed E-state index contributed by atoms with van der Waals surface area (Å²) in [4.78, 5) is 23.5. The van der Waals surface area contributed by atoms with Crippen LogP contribution in [0, 0.1) is 5.92 Å². The Morgan fingerprint density at radius 3 is 2.27 bits per heavy atom. The number of amides is 1. The first kappa shape index (κ1) is 21.5. The highest BCUT2D eigenvalue weighted by molar-refractivity contribution is 7.89. The fraction of sp³-hybridized carbons (Fsp3) is 0.700. The monoisotopic (exact) mass is 437 g/mol. The van der Waals surface area contributed by atoms with Gasteiger partial charge in [-0.3, -0.25) is 4.79 Å². The molecule has 3 aliphatic rings. The number of sulfonamides is 1. The summed E-state index contributed by atoms with van der Waals surface area (Å²) in [5, 5.41) is 0. The quantitative estimate of drug-likeness (QED) is 0.660. The molecule has 0 atom stereocenters. The molecule has 1 aromatic rings. The van der Waals surface area contributed by atoms with Crippen LogP contribution in [0.5, 0.6) is 0 Å². The molecule has 0 saturated carbocycles. The zero-order valence-electron chi connectivity index (χ0n) is 17.6. The lowest BCUT2D eigenvalue weighted by Gasteiger charge is -2.36. The van der Waals surface area contributed by atoms with E-state index in [4.69, 9.17) is 4.74 Å². The van der Waals surface area contributed by atoms with E-state index < -0.39 is 10.0 Å². The Morgan fingerprint density at radius 2 is 1.67 bits per heavy atom. The highest BCUT2D eigenvalue weighted by Crippen LogP contribution is 2.25. The van der Waals surface area contributed by atoms with Crippen LogP contribution in [0.25, 0.3) is 0 Å². The van der Waals surface area contributed by atoms with Crippen LogP contribution in [0.15, 0.2) is 23.2 Å². The number of aromatic nitrogens is 1. The Bertz CT molecular complexity index is 825. The highest BCUT2D eigenvalue weighted by Gasteiger charge is 2.31. The maximum atomic E-state index is 12.9. The molecule has 0 N–H and O–H groups in total. The maximum absolute atomic E-state index is 12.9. The van der Waals surface area contributed by atoms with E-state index >= 15 is 0 Å². The third-order valence-electron chi connectivity index (χ3n) is 6.31. The summed E-state index contributed by atoms with van der Waals surface area (Å²) in [7, 11) is -1.50. The average Bonchev–Trinajstić information content (AvgIpc) is 2.80. The van der Waals surface area contributed by atoms with Crippen molar-refractivity contribution >= 4 is 21.7 Å². The second kappa shape index (κ2) is 9.17. The predicted molar refractivity (Wildman–Crippen MR) is 113 cm³/mol. The molecule has 0 unspecified atom stereocenters. The van der Waals surface area contributed by atoms with Crippen molar-refractivity contribution in [3.63, 3.8) is 0 Å². The number of morpholine rings is 1. The summed E-state index contributed by atoms with van der Waals surface area (Å²) in [6.07, 6.45) is 3.05. The number of likely N-dealkylation sites (N-methyl/N-ethyl adjacent to an activating group) is 1. The highest BCUT2D eigenvalue weighted by atomic mass is 32.2. The molecule has 10 heteroatoms. The molecule has 0 spiro atoms. The number of anilines is 1. The number of hydrogen-bond acceptors (Lipinski definition) is 7. The van der Waals surface area contributed by atoms with E-state index in [0.29, 0.717) is 39.4 Å². The second-order valence-corrected chi connectivity index (χ2v) is 10.2. The minimum absolute atomic E-state index is 0.0521. The molecule has 0 aromatic carbocycles. The lowest BCUT2D eigenvalue weighted by molar-refractivity contribution is -0.140. The molecule has 0 radical (unpaired) electrons. The van der Waals surface area contributed by atoms with Crippen LogP contribution in [0.4, 0.5) is 5.82 Å². The first-order chi connectivity index (χ1) is 14.4. The maximum Gasteiger partial charge on any atom is 0.244 e. The number of piperazine rings is 1. The van der Waals surface area contributed by atoms with Gasteiger partial charge >= 0.3 is 0 Å². The van der Waals surface area contributed by atoms with E-state index in [1.165, 1.54) is 10.5 Å². The molecule has 4 heterocycles. The number of hydrogen-bond donors (Lipinski definition) is 0. The van der Waals surface area contributed by atoms with Crippen LogP contribution in [0.3, 0.4) is 0 Å². The van der Waals surface area contributed by atoms with E-state index in [2.05, 4.69) is 14.8 Å². The minimum Gasteiger partial charge on any atom is -0.378 e. The third-order valence-corrected chi connectivity index (χ3v) is 8.19. The Hall–Kier alpha value is -1.75. The molecule has 9 nitrogen and oxygen atoms in total. The second-order valence-electron chi connectivity index (χ2n) is 8.26. The van der Waals surface area contributed by atoms with Gasteiger partial charge in [0.15, 0.2) is 0 Å². The molecular weight excluding hydrogens is 406 g/mol. The summed E-state index contributed by atoms with van der Waals surface area (Å²) >= 11 is 0. The molecule has 4 rings (SSSR count). The van der Waals surface area contributed by atoms with Crippen molar-refractivity contribution < 1.29 is 17.9 Å². The van der Waals surface area contributed by atoms with Gasteiger partial charge in [-0.2, -0.15) is 4.31 Å². The number of rotatable bonds is 4. The Kier molecular flexibility index (Phi) is 6.57. The Labute approximate surface area is 178 Å². The molecule has 1 amide bonds. The fourth-order valence-corrected chi connectivity index (χ4v) is 5.66. The van der Waals surface area contributed by atoms with Gasteiger partial charge in [0.2, 0.25) is 15.9 Å². The van der Waals surface area contributed by atoms with Crippen LogP contribution in [-0.2, 0) is 19.6 Å². The number of carbonyl (C=O) groups is 1. The van der Waals surface area contributed by atoms with Crippen molar-refractivity contribution in [1.29, 1.82) is 0 Å². The zero-order valence-corrected chi connectivity index (χ0v) is 18.4. The van der Waals surface area contributed by atoms with Crippen molar-refractivity contribution in [3.8, 4) is 0 Å². The third kappa shape index (κ3) is 4.61. The standard InChI is InChI=1S/C20H31N5O4S/c1-22-8-10-25(11-9-22)30(27,28)18-2-3-19(21-16-18)23-6-4-17(5-7-23)20(26)24-12-14-29-15-13-24/h2-3,16-17H,4-15H2,1H3. The molecule has 1 aromatic heterocycles. The van der Waals surface area contributed by atoms with Gasteiger partial charge < -0.3 is 19.4 Å². The van der Waals surface area contributed by atoms with Crippen LogP contribution in [0.1, 0.15) is 12.8 Å². The van der Waals surface area contributed by atoms with Gasteiger partial charge in [0, 0.05) is 64.5 Å². The number of pyridine rings is 1. The largest absolute Gasteiger partial charge is 0.378 e. The first-order valence-corrected chi connectivity index (χ1v) is 12.2. The zero-order chi connectivity index (χ0) is 21.1. The molecular formula is C20H31N5O4S. The van der Waals surface area contributed by atoms with Crippen molar-refractivity contribution in [2.75, 3.05) is 77.5 Å². The van der Waals surface area contributed by atoms with E-state index in [1.807, 2.05) is 11.9 Å². The lowest BCUT2D eigenvalue weighted by Crippen LogP contribution is -2.47. The van der Waals surface area contributed by atoms with Gasteiger partial charge in [-0.25, -0.2) is 13.4 Å². The molecule has 3 aliphatic heterocycles. The normalized spacial score (nSPS) is 23.0. The fourth-order valence-electron chi connectivity index (χ4n) is 4.29. The molecule has 166 valence electrons. The summed E-state index contributed by atoms with van der Waals surface area (Å²) in [6.45, 7) is 6.60. The van der Waals surface area contributed by atoms with Crippen LogP contribution < -0.4 is 4.90 Å². The average molecular weight is 438 g/mol. The lowest BCUT2D eigenvalue weighted by atomic mass is 9.95. The van der Waals surface area contributed by atoms with Crippen molar-refractivity contribution in [1.82, 2.24) is 19.1 Å². The van der Waals surface area contributed by atoms with Crippen LogP contribution in [0.2, 0.25) is 0 Å². The van der Waals surface area contributed by atoms with Gasteiger partial charge in [-0.1, -0.05) is 0 Å². The number of carbonyl (C=O) groups excluding carboxylic acids is 1. The Morgan fingerprint density at radius 1 is 1.00 bits per heavy atom. The van der Waals surface area contributed by atoms with E-state index in [9.17, 15) is 13.2 Å². The topological polar surface area (TPSA) is 86.3 Å². The minimum atomic E-state index is -3.50. The summed E-state index contributed by atoms with van der Waals surface area (Å²) in [5.74, 6) is 1.06. The van der Waals surface area contributed by atoms with E-state index in [-0.39, 0.29) is 16.7 Å². The molecule has 0 bridgehead atoms. The van der Waals surface area contributed by atoms with Crippen LogP contribution >= 0.6 is 0 Å². The van der Waals surface area contributed by atoms with Crippen LogP contribution in [-0.4, -0.2) is 106 Å². The van der Waals surface area contributed by atoms with Gasteiger partial charge in [-0.15, -0.1) is 0 Å². The molecule has 3 saturated heterocycles. The summed E-state index contributed by atoms with van der Waals surface area (Å²) < 4.78 is 32.6. The van der Waals surface area contributed by atoms with Crippen molar-refractivity contribution in [2.45, 2.75) is 17.7 Å². The predicted octanol–water partition coefficient (Wildman–Crippen LogP) is 0.0929. The first-order valence-electron chi connectivity index (χ1n) is 10.7. The van der Waals surface area contributed by atoms with E-state index in [1.54, 1.807) is 12.1 Å². The summed E-state index contributed by atoms with van der Waals surface area (Å²) in [6, 6.07) is 3.44. The van der Waals surface area contributed by atoms with Crippen molar-refractivity contribution in [3.05, 3.63) is 18.3 Å².